The predicted molar refractivity (Wildman–Crippen MR) is 82.3 cm³/mol. The summed E-state index contributed by atoms with van der Waals surface area (Å²) in [5, 5.41) is 10.1. The molecular weight excluding hydrogens is 270 g/mol. The largest absolute Gasteiger partial charge is 0.465 e. The zero-order valence-corrected chi connectivity index (χ0v) is 13.7. The van der Waals surface area contributed by atoms with E-state index in [2.05, 4.69) is 4.90 Å². The Morgan fingerprint density at radius 1 is 1.33 bits per heavy atom. The van der Waals surface area contributed by atoms with Gasteiger partial charge in [0, 0.05) is 26.8 Å². The quantitative estimate of drug-likeness (QED) is 0.635. The number of nitrogens with zero attached hydrogens (tertiary/aromatic N) is 1. The molecule has 5 nitrogen and oxygen atoms in total. The number of methoxy groups -OCH3 is 1. The van der Waals surface area contributed by atoms with Crippen molar-refractivity contribution in [3.63, 3.8) is 0 Å². The summed E-state index contributed by atoms with van der Waals surface area (Å²) in [6, 6.07) is 3.94. The first-order chi connectivity index (χ1) is 10.0. The molecule has 0 spiro atoms. The van der Waals surface area contributed by atoms with Crippen LogP contribution in [-0.2, 0) is 16.0 Å². The molecular formula is C16H29NO4. The van der Waals surface area contributed by atoms with E-state index in [4.69, 9.17) is 13.9 Å². The lowest BCUT2D eigenvalue weighted by Crippen LogP contribution is -2.36. The van der Waals surface area contributed by atoms with Gasteiger partial charge < -0.3 is 19.0 Å². The van der Waals surface area contributed by atoms with Crippen LogP contribution in [0.15, 0.2) is 16.5 Å². The minimum Gasteiger partial charge on any atom is -0.465 e. The molecule has 0 saturated carbocycles. The molecule has 0 aliphatic heterocycles. The third-order valence-corrected chi connectivity index (χ3v) is 3.09. The van der Waals surface area contributed by atoms with Crippen molar-refractivity contribution in [2.75, 3.05) is 33.4 Å². The van der Waals surface area contributed by atoms with Crippen LogP contribution in [0.3, 0.4) is 0 Å². The number of hydrogen-bond acceptors (Lipinski definition) is 5. The maximum absolute atomic E-state index is 10.1. The van der Waals surface area contributed by atoms with E-state index in [0.29, 0.717) is 26.3 Å². The highest BCUT2D eigenvalue weighted by molar-refractivity contribution is 5.05. The molecule has 21 heavy (non-hydrogen) atoms. The molecule has 1 N–H and O–H groups in total. The smallest absolute Gasteiger partial charge is 0.118 e. The number of furan rings is 1. The number of aliphatic hydroxyl groups excluding tert-OH is 1. The molecule has 0 bridgehead atoms. The Hall–Kier alpha value is -0.880. The monoisotopic (exact) mass is 299 g/mol. The molecule has 0 aliphatic rings. The van der Waals surface area contributed by atoms with Gasteiger partial charge in [-0.25, -0.2) is 0 Å². The van der Waals surface area contributed by atoms with Gasteiger partial charge in [-0.1, -0.05) is 0 Å². The molecule has 1 aromatic rings. The van der Waals surface area contributed by atoms with Crippen molar-refractivity contribution in [3.05, 3.63) is 23.7 Å². The van der Waals surface area contributed by atoms with E-state index in [9.17, 15) is 5.11 Å². The second-order valence-electron chi connectivity index (χ2n) is 5.63. The fourth-order valence-corrected chi connectivity index (χ4v) is 2.11. The Morgan fingerprint density at radius 2 is 2.10 bits per heavy atom. The van der Waals surface area contributed by atoms with E-state index in [1.165, 1.54) is 0 Å². The van der Waals surface area contributed by atoms with Crippen LogP contribution in [0.2, 0.25) is 0 Å². The van der Waals surface area contributed by atoms with E-state index < -0.39 is 6.10 Å². The van der Waals surface area contributed by atoms with Gasteiger partial charge in [-0.2, -0.15) is 0 Å². The van der Waals surface area contributed by atoms with Gasteiger partial charge in [0.2, 0.25) is 0 Å². The van der Waals surface area contributed by atoms with E-state index in [-0.39, 0.29) is 6.10 Å². The Balaban J connectivity index is 2.46. The van der Waals surface area contributed by atoms with Crippen molar-refractivity contribution in [1.29, 1.82) is 0 Å². The van der Waals surface area contributed by atoms with Gasteiger partial charge in [0.1, 0.15) is 11.5 Å². The van der Waals surface area contributed by atoms with Gasteiger partial charge in [-0.3, -0.25) is 4.90 Å². The summed E-state index contributed by atoms with van der Waals surface area (Å²) in [5.74, 6) is 1.83. The summed E-state index contributed by atoms with van der Waals surface area (Å²) in [6.07, 6.45) is 0.564. The molecule has 0 unspecified atom stereocenters. The highest BCUT2D eigenvalue weighted by Crippen LogP contribution is 2.11. The lowest BCUT2D eigenvalue weighted by molar-refractivity contribution is -0.0110. The molecule has 0 aromatic carbocycles. The number of aryl methyl sites for hydroxylation is 1. The normalized spacial score (nSPS) is 13.3. The van der Waals surface area contributed by atoms with Crippen LogP contribution in [0, 0.1) is 6.92 Å². The van der Waals surface area contributed by atoms with Crippen LogP contribution in [0.5, 0.6) is 0 Å². The Kier molecular flexibility index (Phi) is 8.61. The number of aliphatic hydroxyl groups is 1. The Labute approximate surface area is 127 Å². The molecule has 1 aromatic heterocycles. The molecule has 122 valence electrons. The molecule has 0 fully saturated rings. The van der Waals surface area contributed by atoms with E-state index in [0.717, 1.165) is 24.5 Å². The highest BCUT2D eigenvalue weighted by Gasteiger charge is 2.14. The zero-order chi connectivity index (χ0) is 15.7. The van der Waals surface area contributed by atoms with Gasteiger partial charge >= 0.3 is 0 Å². The second-order valence-corrected chi connectivity index (χ2v) is 5.63. The minimum absolute atomic E-state index is 0.134. The fraction of sp³-hybridized carbons (Fsp3) is 0.750. The van der Waals surface area contributed by atoms with Crippen molar-refractivity contribution in [3.8, 4) is 0 Å². The topological polar surface area (TPSA) is 55.1 Å². The summed E-state index contributed by atoms with van der Waals surface area (Å²) >= 11 is 0. The standard InChI is InChI=1S/C16H29NO4/c1-13(2)20-12-15(18)10-17(8-5-9-19-4)11-16-7-6-14(3)21-16/h6-7,13,15,18H,5,8-12H2,1-4H3/t15-/m1/s1. The van der Waals surface area contributed by atoms with Crippen LogP contribution in [0.4, 0.5) is 0 Å². The molecule has 1 heterocycles. The van der Waals surface area contributed by atoms with Gasteiger partial charge in [-0.05, 0) is 39.3 Å². The third kappa shape index (κ3) is 8.21. The molecule has 0 saturated heterocycles. The number of ether oxygens (including phenoxy) is 2. The summed E-state index contributed by atoms with van der Waals surface area (Å²) < 4.78 is 16.2. The fourth-order valence-electron chi connectivity index (χ4n) is 2.11. The molecule has 5 heteroatoms. The van der Waals surface area contributed by atoms with Crippen LogP contribution < -0.4 is 0 Å². The minimum atomic E-state index is -0.494. The van der Waals surface area contributed by atoms with Crippen molar-refractivity contribution in [1.82, 2.24) is 4.90 Å². The van der Waals surface area contributed by atoms with Crippen LogP contribution in [0.25, 0.3) is 0 Å². The molecule has 1 rings (SSSR count). The van der Waals surface area contributed by atoms with Gasteiger partial charge in [0.25, 0.3) is 0 Å². The summed E-state index contributed by atoms with van der Waals surface area (Å²) in [4.78, 5) is 2.17. The third-order valence-electron chi connectivity index (χ3n) is 3.09. The maximum Gasteiger partial charge on any atom is 0.118 e. The van der Waals surface area contributed by atoms with Crippen LogP contribution in [-0.4, -0.2) is 55.6 Å². The molecule has 0 aliphatic carbocycles. The van der Waals surface area contributed by atoms with Crippen LogP contribution >= 0.6 is 0 Å². The maximum atomic E-state index is 10.1. The van der Waals surface area contributed by atoms with Gasteiger partial charge in [0.05, 0.1) is 25.4 Å². The van der Waals surface area contributed by atoms with E-state index in [1.807, 2.05) is 32.9 Å². The first-order valence-electron chi connectivity index (χ1n) is 7.57. The Bertz CT molecular complexity index is 378. The van der Waals surface area contributed by atoms with E-state index in [1.54, 1.807) is 7.11 Å². The molecule has 0 amide bonds. The highest BCUT2D eigenvalue weighted by atomic mass is 16.5. The molecule has 0 radical (unpaired) electrons. The summed E-state index contributed by atoms with van der Waals surface area (Å²) in [6.45, 7) is 9.05. The second kappa shape index (κ2) is 9.95. The first kappa shape index (κ1) is 18.2. The SMILES string of the molecule is COCCCN(Cc1ccc(C)o1)C[C@@H](O)COC(C)C. The number of hydrogen-bond donors (Lipinski definition) is 1. The Morgan fingerprint density at radius 3 is 2.67 bits per heavy atom. The summed E-state index contributed by atoms with van der Waals surface area (Å²) in [5.41, 5.74) is 0. The average molecular weight is 299 g/mol. The number of rotatable bonds is 11. The lowest BCUT2D eigenvalue weighted by atomic mass is 10.3. The van der Waals surface area contributed by atoms with Gasteiger partial charge in [-0.15, -0.1) is 0 Å². The summed E-state index contributed by atoms with van der Waals surface area (Å²) in [7, 11) is 1.70. The van der Waals surface area contributed by atoms with Crippen molar-refractivity contribution >= 4 is 0 Å². The van der Waals surface area contributed by atoms with Gasteiger partial charge in [0.15, 0.2) is 0 Å². The predicted octanol–water partition coefficient (Wildman–Crippen LogP) is 2.21. The van der Waals surface area contributed by atoms with Crippen molar-refractivity contribution in [2.24, 2.45) is 0 Å². The zero-order valence-electron chi connectivity index (χ0n) is 13.7. The molecule has 1 atom stereocenters. The van der Waals surface area contributed by atoms with Crippen molar-refractivity contribution in [2.45, 2.75) is 45.9 Å². The average Bonchev–Trinajstić information content (AvgIpc) is 2.82. The first-order valence-corrected chi connectivity index (χ1v) is 7.57. The lowest BCUT2D eigenvalue weighted by Gasteiger charge is -2.24. The van der Waals surface area contributed by atoms with E-state index >= 15 is 0 Å². The van der Waals surface area contributed by atoms with Crippen molar-refractivity contribution < 1.29 is 19.0 Å². The van der Waals surface area contributed by atoms with Crippen LogP contribution in [0.1, 0.15) is 31.8 Å².